The molecule has 1 fully saturated rings. The number of fused-ring (bicyclic) bond motifs is 2. The zero-order valence-electron chi connectivity index (χ0n) is 20.6. The third-order valence-electron chi connectivity index (χ3n) is 6.86. The van der Waals surface area contributed by atoms with E-state index in [9.17, 15) is 4.79 Å². The van der Waals surface area contributed by atoms with Crippen LogP contribution in [0.15, 0.2) is 79.0 Å². The molecule has 3 aromatic carbocycles. The maximum absolute atomic E-state index is 12.9. The third kappa shape index (κ3) is 4.53. The minimum absolute atomic E-state index is 0.146. The predicted molar refractivity (Wildman–Crippen MR) is 146 cm³/mol. The van der Waals surface area contributed by atoms with E-state index in [1.165, 1.54) is 0 Å². The molecule has 2 N–H and O–H groups in total. The molecule has 0 spiro atoms. The first-order valence-electron chi connectivity index (χ1n) is 12.4. The zero-order chi connectivity index (χ0) is 25.2. The Labute approximate surface area is 214 Å². The smallest absolute Gasteiger partial charge is 0.251 e. The minimum atomic E-state index is -0.146. The maximum atomic E-state index is 12.9. The summed E-state index contributed by atoms with van der Waals surface area (Å²) in [7, 11) is 1.71. The maximum Gasteiger partial charge on any atom is 0.251 e. The number of H-pyrrole nitrogens is 1. The number of hydrogen-bond acceptors (Lipinski definition) is 6. The molecule has 1 amide bonds. The molecule has 0 bridgehead atoms. The Morgan fingerprint density at radius 1 is 0.946 bits per heavy atom. The Hall–Kier alpha value is -4.59. The molecule has 3 heterocycles. The Morgan fingerprint density at radius 3 is 2.59 bits per heavy atom. The van der Waals surface area contributed by atoms with Gasteiger partial charge in [-0.15, -0.1) is 0 Å². The minimum Gasteiger partial charge on any atom is -0.495 e. The van der Waals surface area contributed by atoms with E-state index in [-0.39, 0.29) is 12.5 Å². The number of benzene rings is 3. The van der Waals surface area contributed by atoms with Gasteiger partial charge in [-0.25, -0.2) is 9.97 Å². The number of nitrogens with zero attached hydrogens (tertiary/aromatic N) is 4. The van der Waals surface area contributed by atoms with Crippen LogP contribution >= 0.6 is 0 Å². The van der Waals surface area contributed by atoms with Crippen molar-refractivity contribution < 1.29 is 9.53 Å². The molecule has 0 saturated carbocycles. The van der Waals surface area contributed by atoms with E-state index in [0.717, 1.165) is 65.2 Å². The van der Waals surface area contributed by atoms with Crippen molar-refractivity contribution in [3.63, 3.8) is 0 Å². The van der Waals surface area contributed by atoms with Crippen LogP contribution in [0.2, 0.25) is 0 Å². The van der Waals surface area contributed by atoms with E-state index >= 15 is 0 Å². The van der Waals surface area contributed by atoms with Gasteiger partial charge in [0.15, 0.2) is 5.82 Å². The van der Waals surface area contributed by atoms with Gasteiger partial charge in [-0.3, -0.25) is 4.79 Å². The molecule has 37 heavy (non-hydrogen) atoms. The van der Waals surface area contributed by atoms with Crippen LogP contribution in [0.4, 0.5) is 11.5 Å². The molecule has 0 unspecified atom stereocenters. The highest BCUT2D eigenvalue weighted by Gasteiger charge is 2.23. The van der Waals surface area contributed by atoms with Gasteiger partial charge in [0, 0.05) is 54.2 Å². The standard InChI is InChI=1S/C29H28N6O2/c1-37-26-9-5-4-8-25(26)34-14-16-35(17-15-34)28-22-6-2-3-7-24(22)32-27(33-28)19-31-29(36)21-10-11-23-20(18-21)12-13-30-23/h2-13,18,30H,14-17,19H2,1H3,(H,31,36). The van der Waals surface area contributed by atoms with Gasteiger partial charge in [0.05, 0.1) is 24.9 Å². The zero-order valence-corrected chi connectivity index (χ0v) is 20.6. The molecule has 1 aliphatic heterocycles. The van der Waals surface area contributed by atoms with Gasteiger partial charge in [-0.05, 0) is 48.5 Å². The topological polar surface area (TPSA) is 86.4 Å². The van der Waals surface area contributed by atoms with Crippen molar-refractivity contribution in [1.82, 2.24) is 20.3 Å². The Balaban J connectivity index is 1.21. The second-order valence-corrected chi connectivity index (χ2v) is 9.09. The molecular formula is C29H28N6O2. The fourth-order valence-electron chi connectivity index (χ4n) is 4.93. The third-order valence-corrected chi connectivity index (χ3v) is 6.86. The van der Waals surface area contributed by atoms with Crippen molar-refractivity contribution in [3.05, 3.63) is 90.4 Å². The number of hydrogen-bond donors (Lipinski definition) is 2. The van der Waals surface area contributed by atoms with Crippen molar-refractivity contribution in [1.29, 1.82) is 0 Å². The van der Waals surface area contributed by atoms with Gasteiger partial charge in [0.2, 0.25) is 0 Å². The SMILES string of the molecule is COc1ccccc1N1CCN(c2nc(CNC(=O)c3ccc4[nH]ccc4c3)nc3ccccc23)CC1. The van der Waals surface area contributed by atoms with Crippen LogP contribution in [0.25, 0.3) is 21.8 Å². The van der Waals surface area contributed by atoms with Crippen molar-refractivity contribution in [2.45, 2.75) is 6.54 Å². The van der Waals surface area contributed by atoms with Crippen LogP contribution in [-0.4, -0.2) is 54.1 Å². The fourth-order valence-corrected chi connectivity index (χ4v) is 4.93. The highest BCUT2D eigenvalue weighted by Crippen LogP contribution is 2.30. The van der Waals surface area contributed by atoms with Crippen molar-refractivity contribution in [2.24, 2.45) is 0 Å². The molecule has 6 rings (SSSR count). The Bertz CT molecular complexity index is 1570. The number of anilines is 2. The number of para-hydroxylation sites is 3. The van der Waals surface area contributed by atoms with E-state index in [1.807, 2.05) is 66.9 Å². The number of aromatic nitrogens is 3. The van der Waals surface area contributed by atoms with Crippen LogP contribution in [-0.2, 0) is 6.54 Å². The first kappa shape index (κ1) is 22.8. The number of methoxy groups -OCH3 is 1. The average Bonchev–Trinajstić information content (AvgIpc) is 3.44. The van der Waals surface area contributed by atoms with E-state index in [4.69, 9.17) is 14.7 Å². The molecule has 0 radical (unpaired) electrons. The van der Waals surface area contributed by atoms with Crippen LogP contribution in [0.1, 0.15) is 16.2 Å². The fraction of sp³-hybridized carbons (Fsp3) is 0.207. The molecule has 186 valence electrons. The van der Waals surface area contributed by atoms with Gasteiger partial charge in [-0.2, -0.15) is 0 Å². The van der Waals surface area contributed by atoms with Gasteiger partial charge < -0.3 is 24.8 Å². The Morgan fingerprint density at radius 2 is 1.73 bits per heavy atom. The lowest BCUT2D eigenvalue weighted by Gasteiger charge is -2.37. The van der Waals surface area contributed by atoms with E-state index < -0.39 is 0 Å². The quantitative estimate of drug-likeness (QED) is 0.366. The molecule has 5 aromatic rings. The highest BCUT2D eigenvalue weighted by atomic mass is 16.5. The van der Waals surface area contributed by atoms with E-state index in [2.05, 4.69) is 32.2 Å². The first-order chi connectivity index (χ1) is 18.2. The number of nitrogens with one attached hydrogen (secondary N) is 2. The van der Waals surface area contributed by atoms with Crippen LogP contribution in [0, 0.1) is 0 Å². The number of rotatable bonds is 6. The second kappa shape index (κ2) is 9.81. The molecule has 1 saturated heterocycles. The summed E-state index contributed by atoms with van der Waals surface area (Å²) >= 11 is 0. The summed E-state index contributed by atoms with van der Waals surface area (Å²) in [5.74, 6) is 2.24. The lowest BCUT2D eigenvalue weighted by atomic mass is 10.1. The summed E-state index contributed by atoms with van der Waals surface area (Å²) in [6.45, 7) is 3.60. The largest absolute Gasteiger partial charge is 0.495 e. The van der Waals surface area contributed by atoms with Crippen molar-refractivity contribution >= 4 is 39.2 Å². The molecule has 1 aliphatic rings. The van der Waals surface area contributed by atoms with Gasteiger partial charge >= 0.3 is 0 Å². The normalized spacial score (nSPS) is 13.8. The molecule has 8 heteroatoms. The number of carbonyl (C=O) groups is 1. The number of carbonyl (C=O) groups excluding carboxylic acids is 1. The summed E-state index contributed by atoms with van der Waals surface area (Å²) in [6.07, 6.45) is 1.87. The number of amides is 1. The summed E-state index contributed by atoms with van der Waals surface area (Å²) < 4.78 is 5.57. The highest BCUT2D eigenvalue weighted by molar-refractivity contribution is 5.98. The molecule has 0 aliphatic carbocycles. The Kier molecular flexibility index (Phi) is 6.06. The van der Waals surface area contributed by atoms with Gasteiger partial charge in [0.1, 0.15) is 11.6 Å². The van der Waals surface area contributed by atoms with Crippen LogP contribution in [0.5, 0.6) is 5.75 Å². The van der Waals surface area contributed by atoms with Crippen LogP contribution < -0.4 is 19.9 Å². The lowest BCUT2D eigenvalue weighted by molar-refractivity contribution is 0.0950. The molecule has 0 atom stereocenters. The van der Waals surface area contributed by atoms with Gasteiger partial charge in [0.25, 0.3) is 5.91 Å². The lowest BCUT2D eigenvalue weighted by Crippen LogP contribution is -2.47. The van der Waals surface area contributed by atoms with Crippen LogP contribution in [0.3, 0.4) is 0 Å². The van der Waals surface area contributed by atoms with E-state index in [0.29, 0.717) is 11.4 Å². The predicted octanol–water partition coefficient (Wildman–Crippen LogP) is 4.38. The van der Waals surface area contributed by atoms with E-state index in [1.54, 1.807) is 7.11 Å². The summed E-state index contributed by atoms with van der Waals surface area (Å²) in [6, 6.07) is 23.8. The number of ether oxygens (including phenoxy) is 1. The summed E-state index contributed by atoms with van der Waals surface area (Å²) in [5.41, 5.74) is 3.60. The molecule has 8 nitrogen and oxygen atoms in total. The number of piperazine rings is 1. The number of aromatic amines is 1. The molecular weight excluding hydrogens is 464 g/mol. The van der Waals surface area contributed by atoms with Crippen molar-refractivity contribution in [2.75, 3.05) is 43.1 Å². The van der Waals surface area contributed by atoms with Crippen molar-refractivity contribution in [3.8, 4) is 5.75 Å². The van der Waals surface area contributed by atoms with Gasteiger partial charge in [-0.1, -0.05) is 24.3 Å². The average molecular weight is 493 g/mol. The second-order valence-electron chi connectivity index (χ2n) is 9.09. The molecule has 2 aromatic heterocycles. The monoisotopic (exact) mass is 492 g/mol. The summed E-state index contributed by atoms with van der Waals surface area (Å²) in [4.78, 5) is 30.3. The first-order valence-corrected chi connectivity index (χ1v) is 12.4. The summed E-state index contributed by atoms with van der Waals surface area (Å²) in [5, 5.41) is 5.01.